The standard InChI is InChI=1S/C10H11BO3/c12-6-2-5-8-3-1-4-9-7-14-11(13)10(8)9/h1-5,12-13H,6-7H2. The number of aliphatic hydroxyl groups excluding tert-OH is 1. The number of aliphatic hydroxyl groups is 1. The Kier molecular flexibility index (Phi) is 2.68. The molecular formula is C10H11BO3. The number of hydrogen-bond donors (Lipinski definition) is 2. The second kappa shape index (κ2) is 3.96. The van der Waals surface area contributed by atoms with Gasteiger partial charge in [-0.15, -0.1) is 0 Å². The van der Waals surface area contributed by atoms with E-state index in [4.69, 9.17) is 9.76 Å². The largest absolute Gasteiger partial charge is 0.492 e. The molecule has 3 nitrogen and oxygen atoms in total. The monoisotopic (exact) mass is 190 g/mol. The van der Waals surface area contributed by atoms with Crippen molar-refractivity contribution in [1.29, 1.82) is 0 Å². The zero-order valence-corrected chi connectivity index (χ0v) is 7.68. The van der Waals surface area contributed by atoms with Crippen molar-refractivity contribution in [2.75, 3.05) is 6.61 Å². The summed E-state index contributed by atoms with van der Waals surface area (Å²) in [6.45, 7) is 0.456. The zero-order chi connectivity index (χ0) is 9.97. The Hall–Kier alpha value is -1.10. The molecule has 72 valence electrons. The Bertz CT molecular complexity index is 362. The lowest BCUT2D eigenvalue weighted by Crippen LogP contribution is -2.30. The van der Waals surface area contributed by atoms with Crippen LogP contribution in [0.4, 0.5) is 0 Å². The lowest BCUT2D eigenvalue weighted by molar-refractivity contribution is 0.275. The summed E-state index contributed by atoms with van der Waals surface area (Å²) >= 11 is 0. The molecule has 2 N–H and O–H groups in total. The Balaban J connectivity index is 2.41. The highest BCUT2D eigenvalue weighted by atomic mass is 16.5. The second-order valence-corrected chi connectivity index (χ2v) is 3.17. The summed E-state index contributed by atoms with van der Waals surface area (Å²) in [7, 11) is -0.829. The highest BCUT2D eigenvalue weighted by Crippen LogP contribution is 2.13. The van der Waals surface area contributed by atoms with Gasteiger partial charge in [-0.1, -0.05) is 30.4 Å². The molecule has 1 aromatic carbocycles. The van der Waals surface area contributed by atoms with Crippen molar-refractivity contribution in [3.63, 3.8) is 0 Å². The average molecular weight is 190 g/mol. The quantitative estimate of drug-likeness (QED) is 0.640. The maximum Gasteiger partial charge on any atom is 0.492 e. The number of fused-ring (bicyclic) bond motifs is 1. The molecule has 0 unspecified atom stereocenters. The minimum absolute atomic E-state index is 0.000615. The predicted octanol–water partition coefficient (Wildman–Crippen LogP) is -0.0902. The molecule has 1 aliphatic heterocycles. The van der Waals surface area contributed by atoms with Crippen LogP contribution in [-0.2, 0) is 11.3 Å². The third-order valence-corrected chi connectivity index (χ3v) is 2.28. The molecule has 0 saturated heterocycles. The maximum atomic E-state index is 9.54. The molecule has 4 heteroatoms. The summed E-state index contributed by atoms with van der Waals surface area (Å²) in [5.41, 5.74) is 2.73. The van der Waals surface area contributed by atoms with E-state index in [9.17, 15) is 5.02 Å². The Morgan fingerprint density at radius 1 is 1.50 bits per heavy atom. The summed E-state index contributed by atoms with van der Waals surface area (Å²) in [6.07, 6.45) is 3.43. The second-order valence-electron chi connectivity index (χ2n) is 3.17. The van der Waals surface area contributed by atoms with E-state index in [1.807, 2.05) is 18.2 Å². The van der Waals surface area contributed by atoms with E-state index < -0.39 is 7.12 Å². The number of rotatable bonds is 2. The van der Waals surface area contributed by atoms with Crippen molar-refractivity contribution in [1.82, 2.24) is 0 Å². The van der Waals surface area contributed by atoms with Crippen LogP contribution < -0.4 is 5.46 Å². The van der Waals surface area contributed by atoms with Gasteiger partial charge in [0.1, 0.15) is 0 Å². The highest BCUT2D eigenvalue weighted by molar-refractivity contribution is 6.62. The molecule has 0 aromatic heterocycles. The molecule has 1 aromatic rings. The average Bonchev–Trinajstić information content (AvgIpc) is 2.58. The van der Waals surface area contributed by atoms with Gasteiger partial charge >= 0.3 is 7.12 Å². The third kappa shape index (κ3) is 1.59. The molecule has 14 heavy (non-hydrogen) atoms. The van der Waals surface area contributed by atoms with Crippen LogP contribution in [0.1, 0.15) is 11.1 Å². The van der Waals surface area contributed by atoms with Gasteiger partial charge in [0.15, 0.2) is 0 Å². The summed E-state index contributed by atoms with van der Waals surface area (Å²) < 4.78 is 5.10. The van der Waals surface area contributed by atoms with E-state index in [1.54, 1.807) is 12.2 Å². The lowest BCUT2D eigenvalue weighted by Gasteiger charge is -2.02. The van der Waals surface area contributed by atoms with E-state index in [0.29, 0.717) is 6.61 Å². The van der Waals surface area contributed by atoms with Gasteiger partial charge in [-0.2, -0.15) is 0 Å². The smallest absolute Gasteiger partial charge is 0.423 e. The Labute approximate surface area is 82.8 Å². The van der Waals surface area contributed by atoms with Gasteiger partial charge < -0.3 is 14.8 Å². The van der Waals surface area contributed by atoms with Gasteiger partial charge in [0, 0.05) is 0 Å². The topological polar surface area (TPSA) is 49.7 Å². The molecule has 0 atom stereocenters. The van der Waals surface area contributed by atoms with Crippen LogP contribution in [0.3, 0.4) is 0 Å². The minimum Gasteiger partial charge on any atom is -0.423 e. The molecule has 0 radical (unpaired) electrons. The summed E-state index contributed by atoms with van der Waals surface area (Å²) in [5.74, 6) is 0. The molecule has 0 amide bonds. The Morgan fingerprint density at radius 2 is 2.36 bits per heavy atom. The minimum atomic E-state index is -0.829. The molecule has 0 spiro atoms. The number of hydrogen-bond acceptors (Lipinski definition) is 3. The zero-order valence-electron chi connectivity index (χ0n) is 7.68. The molecular weight excluding hydrogens is 179 g/mol. The van der Waals surface area contributed by atoms with Crippen molar-refractivity contribution in [2.24, 2.45) is 0 Å². The Morgan fingerprint density at radius 3 is 3.14 bits per heavy atom. The molecule has 0 bridgehead atoms. The van der Waals surface area contributed by atoms with Crippen LogP contribution >= 0.6 is 0 Å². The molecule has 0 saturated carbocycles. The van der Waals surface area contributed by atoms with Crippen LogP contribution in [0.2, 0.25) is 0 Å². The fourth-order valence-electron chi connectivity index (χ4n) is 1.64. The summed E-state index contributed by atoms with van der Waals surface area (Å²) in [6, 6.07) is 5.74. The van der Waals surface area contributed by atoms with Gasteiger partial charge in [-0.05, 0) is 16.6 Å². The van der Waals surface area contributed by atoms with Crippen molar-refractivity contribution in [3.8, 4) is 0 Å². The first kappa shape index (κ1) is 9.46. The van der Waals surface area contributed by atoms with Crippen molar-refractivity contribution >= 4 is 18.7 Å². The normalized spacial score (nSPS) is 15.1. The van der Waals surface area contributed by atoms with Crippen LogP contribution in [-0.4, -0.2) is 23.9 Å². The van der Waals surface area contributed by atoms with E-state index >= 15 is 0 Å². The first-order chi connectivity index (χ1) is 6.83. The molecule has 1 heterocycles. The molecule has 1 aliphatic rings. The summed E-state index contributed by atoms with van der Waals surface area (Å²) in [4.78, 5) is 0. The maximum absolute atomic E-state index is 9.54. The van der Waals surface area contributed by atoms with Crippen LogP contribution in [0.15, 0.2) is 24.3 Å². The van der Waals surface area contributed by atoms with Gasteiger partial charge in [0.2, 0.25) is 0 Å². The van der Waals surface area contributed by atoms with Crippen molar-refractivity contribution in [3.05, 3.63) is 35.4 Å². The molecule has 0 aliphatic carbocycles. The molecule has 0 fully saturated rings. The van der Waals surface area contributed by atoms with Gasteiger partial charge in [-0.25, -0.2) is 0 Å². The van der Waals surface area contributed by atoms with Gasteiger partial charge in [0.05, 0.1) is 13.2 Å². The molecule has 2 rings (SSSR count). The van der Waals surface area contributed by atoms with Gasteiger partial charge in [-0.3, -0.25) is 0 Å². The van der Waals surface area contributed by atoms with Crippen LogP contribution in [0.5, 0.6) is 0 Å². The van der Waals surface area contributed by atoms with E-state index in [-0.39, 0.29) is 6.61 Å². The fraction of sp³-hybridized carbons (Fsp3) is 0.200. The SMILES string of the molecule is OCC=Cc1cccc2c1B(O)OC2. The van der Waals surface area contributed by atoms with Crippen molar-refractivity contribution < 1.29 is 14.8 Å². The van der Waals surface area contributed by atoms with Crippen LogP contribution in [0, 0.1) is 0 Å². The predicted molar refractivity (Wildman–Crippen MR) is 55.0 cm³/mol. The van der Waals surface area contributed by atoms with E-state index in [2.05, 4.69) is 0 Å². The first-order valence-electron chi connectivity index (χ1n) is 4.52. The van der Waals surface area contributed by atoms with E-state index in [1.165, 1.54) is 0 Å². The highest BCUT2D eigenvalue weighted by Gasteiger charge is 2.28. The van der Waals surface area contributed by atoms with Crippen LogP contribution in [0.25, 0.3) is 6.08 Å². The van der Waals surface area contributed by atoms with E-state index in [0.717, 1.165) is 16.6 Å². The number of benzene rings is 1. The first-order valence-corrected chi connectivity index (χ1v) is 4.52. The fourth-order valence-corrected chi connectivity index (χ4v) is 1.64. The van der Waals surface area contributed by atoms with Gasteiger partial charge in [0.25, 0.3) is 0 Å². The lowest BCUT2D eigenvalue weighted by atomic mass is 9.76. The summed E-state index contributed by atoms with van der Waals surface area (Å²) in [5, 5.41) is 18.2. The van der Waals surface area contributed by atoms with Crippen molar-refractivity contribution in [2.45, 2.75) is 6.61 Å². The third-order valence-electron chi connectivity index (χ3n) is 2.28.